The second-order valence-electron chi connectivity index (χ2n) is 11.6. The minimum Gasteiger partial charge on any atom is -0.306 e. The van der Waals surface area contributed by atoms with E-state index in [1.165, 1.54) is 51.4 Å². The minimum atomic E-state index is 0.502. The summed E-state index contributed by atoms with van der Waals surface area (Å²) < 4.78 is 0. The number of hydrogen-bond donors (Lipinski definition) is 0. The zero-order valence-corrected chi connectivity index (χ0v) is 19.1. The van der Waals surface area contributed by atoms with Gasteiger partial charge in [0, 0.05) is 12.1 Å². The van der Waals surface area contributed by atoms with Gasteiger partial charge in [0.05, 0.1) is 0 Å². The maximum absolute atomic E-state index is 2.73. The molecule has 3 fully saturated rings. The zero-order chi connectivity index (χ0) is 19.6. The normalized spacial score (nSPS) is 48.0. The third-order valence-electron chi connectivity index (χ3n) is 10.3. The third-order valence-corrected chi connectivity index (χ3v) is 10.3. The highest BCUT2D eigenvalue weighted by atomic mass is 15.1. The van der Waals surface area contributed by atoms with Gasteiger partial charge >= 0.3 is 0 Å². The highest BCUT2D eigenvalue weighted by molar-refractivity contribution is 5.26. The summed E-state index contributed by atoms with van der Waals surface area (Å²) in [6.07, 6.45) is 14.1. The molecule has 2 nitrogen and oxygen atoms in total. The molecule has 0 amide bonds. The van der Waals surface area contributed by atoms with E-state index in [1.54, 1.807) is 0 Å². The summed E-state index contributed by atoms with van der Waals surface area (Å²) in [4.78, 5) is 4.95. The molecule has 0 heterocycles. The lowest BCUT2D eigenvalue weighted by Crippen LogP contribution is -2.52. The van der Waals surface area contributed by atoms with Gasteiger partial charge < -0.3 is 9.80 Å². The van der Waals surface area contributed by atoms with Gasteiger partial charge in [0.1, 0.15) is 0 Å². The first-order valence-corrected chi connectivity index (χ1v) is 11.7. The lowest BCUT2D eigenvalue weighted by atomic mass is 9.47. The van der Waals surface area contributed by atoms with E-state index in [0.717, 1.165) is 35.8 Å². The van der Waals surface area contributed by atoms with Gasteiger partial charge in [-0.15, -0.1) is 0 Å². The molecule has 0 N–H and O–H groups in total. The van der Waals surface area contributed by atoms with Gasteiger partial charge in [-0.2, -0.15) is 0 Å². The van der Waals surface area contributed by atoms with Crippen molar-refractivity contribution in [3.05, 3.63) is 11.6 Å². The van der Waals surface area contributed by atoms with E-state index in [-0.39, 0.29) is 0 Å². The van der Waals surface area contributed by atoms with Crippen LogP contribution in [0, 0.1) is 34.5 Å². The van der Waals surface area contributed by atoms with Crippen molar-refractivity contribution in [2.75, 3.05) is 28.2 Å². The molecule has 3 saturated carbocycles. The van der Waals surface area contributed by atoms with Gasteiger partial charge in [0.2, 0.25) is 0 Å². The van der Waals surface area contributed by atoms with Gasteiger partial charge in [-0.3, -0.25) is 0 Å². The Labute approximate surface area is 168 Å². The van der Waals surface area contributed by atoms with Gasteiger partial charge in [0.25, 0.3) is 0 Å². The van der Waals surface area contributed by atoms with Crippen LogP contribution in [0.4, 0.5) is 0 Å². The number of hydrogen-bond acceptors (Lipinski definition) is 2. The average Bonchev–Trinajstić information content (AvgIpc) is 2.97. The first-order valence-electron chi connectivity index (χ1n) is 11.7. The maximum atomic E-state index is 2.73. The van der Waals surface area contributed by atoms with Crippen LogP contribution in [0.25, 0.3) is 0 Å². The van der Waals surface area contributed by atoms with Crippen molar-refractivity contribution < 1.29 is 0 Å². The van der Waals surface area contributed by atoms with Crippen LogP contribution in [0.3, 0.4) is 0 Å². The first kappa shape index (κ1) is 20.0. The van der Waals surface area contributed by atoms with E-state index < -0.39 is 0 Å². The lowest BCUT2D eigenvalue weighted by molar-refractivity contribution is -0.0550. The molecule has 0 aromatic heterocycles. The number of fused-ring (bicyclic) bond motifs is 5. The smallest absolute Gasteiger partial charge is 0.0127 e. The zero-order valence-electron chi connectivity index (χ0n) is 19.1. The standard InChI is InChI=1S/C25H44N2/c1-17(26(4)5)21-10-11-22-20-9-8-18-16-19(27(6)7)12-14-24(18,2)23(20)13-15-25(21,22)3/h8,17,19-23H,9-16H2,1-7H3/t17-,19-,20?,21?,22?,23?,24-,25+/m0/s1. The predicted octanol–water partition coefficient (Wildman–Crippen LogP) is 5.45. The minimum absolute atomic E-state index is 0.502. The predicted molar refractivity (Wildman–Crippen MR) is 116 cm³/mol. The molecule has 4 aliphatic carbocycles. The highest BCUT2D eigenvalue weighted by Gasteiger charge is 2.59. The number of allylic oxidation sites excluding steroid dienone is 1. The molecule has 0 radical (unpaired) electrons. The average molecular weight is 373 g/mol. The van der Waals surface area contributed by atoms with Gasteiger partial charge in [-0.1, -0.05) is 25.5 Å². The molecule has 2 heteroatoms. The molecule has 0 bridgehead atoms. The molecule has 4 rings (SSSR count). The number of rotatable bonds is 3. The van der Waals surface area contributed by atoms with Crippen LogP contribution in [0.15, 0.2) is 11.6 Å². The topological polar surface area (TPSA) is 6.48 Å². The molecule has 154 valence electrons. The third kappa shape index (κ3) is 2.96. The van der Waals surface area contributed by atoms with Crippen LogP contribution in [0.2, 0.25) is 0 Å². The Balaban J connectivity index is 1.59. The van der Waals surface area contributed by atoms with Crippen molar-refractivity contribution in [1.82, 2.24) is 9.80 Å². The fraction of sp³-hybridized carbons (Fsp3) is 0.920. The van der Waals surface area contributed by atoms with Crippen LogP contribution in [-0.4, -0.2) is 50.1 Å². The molecule has 27 heavy (non-hydrogen) atoms. The van der Waals surface area contributed by atoms with Crippen molar-refractivity contribution in [3.8, 4) is 0 Å². The van der Waals surface area contributed by atoms with Crippen LogP contribution in [0.5, 0.6) is 0 Å². The summed E-state index contributed by atoms with van der Waals surface area (Å²) in [6.45, 7) is 7.81. The number of nitrogens with zero attached hydrogens (tertiary/aromatic N) is 2. The van der Waals surface area contributed by atoms with Crippen LogP contribution >= 0.6 is 0 Å². The molecule has 0 aromatic carbocycles. The van der Waals surface area contributed by atoms with E-state index in [1.807, 2.05) is 5.57 Å². The monoisotopic (exact) mass is 372 g/mol. The second kappa shape index (κ2) is 6.87. The Morgan fingerprint density at radius 1 is 0.963 bits per heavy atom. The summed E-state index contributed by atoms with van der Waals surface area (Å²) >= 11 is 0. The summed E-state index contributed by atoms with van der Waals surface area (Å²) in [5.41, 5.74) is 2.91. The summed E-state index contributed by atoms with van der Waals surface area (Å²) in [5.74, 6) is 3.76. The van der Waals surface area contributed by atoms with Crippen molar-refractivity contribution >= 4 is 0 Å². The first-order chi connectivity index (χ1) is 12.7. The second-order valence-corrected chi connectivity index (χ2v) is 11.6. The molecular weight excluding hydrogens is 328 g/mol. The van der Waals surface area contributed by atoms with Gasteiger partial charge in [0.15, 0.2) is 0 Å². The van der Waals surface area contributed by atoms with E-state index in [2.05, 4.69) is 64.8 Å². The highest BCUT2D eigenvalue weighted by Crippen LogP contribution is 2.66. The largest absolute Gasteiger partial charge is 0.306 e. The van der Waals surface area contributed by atoms with E-state index >= 15 is 0 Å². The SMILES string of the molecule is C[C@@H](C1CCC2C3CC=C4C[C@@H](N(C)C)CC[C@]4(C)C3CC[C@@]21C)N(C)C. The van der Waals surface area contributed by atoms with E-state index in [4.69, 9.17) is 0 Å². The van der Waals surface area contributed by atoms with Gasteiger partial charge in [-0.05, 0) is 121 Å². The van der Waals surface area contributed by atoms with Crippen LogP contribution in [-0.2, 0) is 0 Å². The fourth-order valence-corrected chi connectivity index (χ4v) is 8.28. The molecule has 4 unspecified atom stereocenters. The molecule has 0 aliphatic heterocycles. The molecule has 0 aromatic rings. The summed E-state index contributed by atoms with van der Waals surface area (Å²) in [6, 6.07) is 1.49. The Morgan fingerprint density at radius 2 is 1.70 bits per heavy atom. The van der Waals surface area contributed by atoms with Crippen LogP contribution < -0.4 is 0 Å². The van der Waals surface area contributed by atoms with E-state index in [9.17, 15) is 0 Å². The molecule has 0 spiro atoms. The summed E-state index contributed by atoms with van der Waals surface area (Å²) in [5, 5.41) is 0. The molecule has 8 atom stereocenters. The fourth-order valence-electron chi connectivity index (χ4n) is 8.28. The van der Waals surface area contributed by atoms with Gasteiger partial charge in [-0.25, -0.2) is 0 Å². The van der Waals surface area contributed by atoms with Crippen molar-refractivity contribution in [2.24, 2.45) is 34.5 Å². The molecular formula is C25H44N2. The molecule has 4 aliphatic rings. The Morgan fingerprint density at radius 3 is 2.37 bits per heavy atom. The Kier molecular flexibility index (Phi) is 5.08. The molecule has 0 saturated heterocycles. The summed E-state index contributed by atoms with van der Waals surface area (Å²) in [7, 11) is 9.12. The van der Waals surface area contributed by atoms with Crippen LogP contribution in [0.1, 0.15) is 72.1 Å². The van der Waals surface area contributed by atoms with Crippen molar-refractivity contribution in [1.29, 1.82) is 0 Å². The Hall–Kier alpha value is -0.340. The Bertz CT molecular complexity index is 593. The lowest BCUT2D eigenvalue weighted by Gasteiger charge is -2.59. The van der Waals surface area contributed by atoms with Crippen molar-refractivity contribution in [3.63, 3.8) is 0 Å². The quantitative estimate of drug-likeness (QED) is 0.608. The van der Waals surface area contributed by atoms with Crippen molar-refractivity contribution in [2.45, 2.75) is 84.2 Å². The van der Waals surface area contributed by atoms with E-state index in [0.29, 0.717) is 10.8 Å². The maximum Gasteiger partial charge on any atom is 0.0127 e.